The van der Waals surface area contributed by atoms with Gasteiger partial charge in [-0.25, -0.2) is 4.98 Å². The van der Waals surface area contributed by atoms with Gasteiger partial charge in [-0.15, -0.1) is 0 Å². The summed E-state index contributed by atoms with van der Waals surface area (Å²) in [4.78, 5) is 4.39. The number of rotatable bonds is 1. The van der Waals surface area contributed by atoms with Gasteiger partial charge in [-0.05, 0) is 30.2 Å². The van der Waals surface area contributed by atoms with Crippen LogP contribution in [-0.2, 0) is 4.74 Å². The van der Waals surface area contributed by atoms with Crippen molar-refractivity contribution < 1.29 is 4.74 Å². The summed E-state index contributed by atoms with van der Waals surface area (Å²) in [6.45, 7) is 3.68. The predicted octanol–water partition coefficient (Wildman–Crippen LogP) is 3.94. The first-order valence-corrected chi connectivity index (χ1v) is 6.84. The highest BCUT2D eigenvalue weighted by Gasteiger charge is 2.27. The highest BCUT2D eigenvalue weighted by molar-refractivity contribution is 6.36. The third kappa shape index (κ3) is 1.91. The molecule has 0 aliphatic carbocycles. The van der Waals surface area contributed by atoms with E-state index in [1.807, 2.05) is 18.2 Å². The van der Waals surface area contributed by atoms with Crippen molar-refractivity contribution in [2.24, 2.45) is 5.92 Å². The number of fused-ring (bicyclic) bond motifs is 1. The summed E-state index contributed by atoms with van der Waals surface area (Å²) < 4.78 is 7.54. The molecule has 1 aliphatic heterocycles. The number of ether oxygens (including phenoxy) is 1. The molecular weight excluding hydrogens is 271 g/mol. The fourth-order valence-electron chi connectivity index (χ4n) is 2.63. The van der Waals surface area contributed by atoms with Crippen molar-refractivity contribution in [3.63, 3.8) is 0 Å². The smallest absolute Gasteiger partial charge is 0.204 e. The Kier molecular flexibility index (Phi) is 3.22. The van der Waals surface area contributed by atoms with Crippen molar-refractivity contribution in [2.45, 2.75) is 19.4 Å². The molecule has 0 saturated carbocycles. The van der Waals surface area contributed by atoms with E-state index in [0.717, 1.165) is 30.7 Å². The molecule has 0 bridgehead atoms. The van der Waals surface area contributed by atoms with Crippen LogP contribution in [0.1, 0.15) is 19.4 Å². The lowest BCUT2D eigenvalue weighted by Crippen LogP contribution is -2.28. The summed E-state index contributed by atoms with van der Waals surface area (Å²) in [6.07, 6.45) is 0.942. The molecule has 1 saturated heterocycles. The van der Waals surface area contributed by atoms with Crippen LogP contribution in [0.4, 0.5) is 0 Å². The maximum atomic E-state index is 6.29. The number of hydrogen-bond donors (Lipinski definition) is 0. The summed E-state index contributed by atoms with van der Waals surface area (Å²) in [5, 5.41) is 1.21. The van der Waals surface area contributed by atoms with Crippen LogP contribution in [0.3, 0.4) is 0 Å². The standard InChI is InChI=1S/C13H14Cl2N2O/c1-8-7-18-6-5-11(8)17-12-9(14)3-2-4-10(12)16-13(17)15/h2-4,8,11H,5-7H2,1H3/t8-,11-/m1/s1. The number of nitrogens with zero attached hydrogens (tertiary/aromatic N) is 2. The summed E-state index contributed by atoms with van der Waals surface area (Å²) in [5.41, 5.74) is 1.79. The molecule has 1 fully saturated rings. The Hall–Kier alpha value is -0.770. The zero-order chi connectivity index (χ0) is 12.7. The van der Waals surface area contributed by atoms with E-state index in [2.05, 4.69) is 16.5 Å². The van der Waals surface area contributed by atoms with E-state index < -0.39 is 0 Å². The highest BCUT2D eigenvalue weighted by Crippen LogP contribution is 2.35. The van der Waals surface area contributed by atoms with Crippen LogP contribution in [-0.4, -0.2) is 22.8 Å². The minimum atomic E-state index is 0.302. The van der Waals surface area contributed by atoms with Gasteiger partial charge in [-0.1, -0.05) is 24.6 Å². The van der Waals surface area contributed by atoms with E-state index in [9.17, 15) is 0 Å². The number of para-hydroxylation sites is 1. The summed E-state index contributed by atoms with van der Waals surface area (Å²) in [6, 6.07) is 6.01. The molecule has 3 rings (SSSR count). The molecule has 18 heavy (non-hydrogen) atoms. The number of hydrogen-bond acceptors (Lipinski definition) is 2. The highest BCUT2D eigenvalue weighted by atomic mass is 35.5. The Morgan fingerprint density at radius 2 is 2.22 bits per heavy atom. The number of imidazole rings is 1. The van der Waals surface area contributed by atoms with E-state index in [0.29, 0.717) is 22.3 Å². The van der Waals surface area contributed by atoms with Crippen LogP contribution in [0.5, 0.6) is 0 Å². The topological polar surface area (TPSA) is 27.1 Å². The molecule has 2 atom stereocenters. The van der Waals surface area contributed by atoms with Crippen molar-refractivity contribution >= 4 is 34.2 Å². The molecule has 0 N–H and O–H groups in total. The van der Waals surface area contributed by atoms with Crippen molar-refractivity contribution in [3.8, 4) is 0 Å². The molecule has 96 valence electrons. The van der Waals surface area contributed by atoms with Gasteiger partial charge in [0.05, 0.1) is 22.7 Å². The fraction of sp³-hybridized carbons (Fsp3) is 0.462. The van der Waals surface area contributed by atoms with Crippen molar-refractivity contribution in [1.29, 1.82) is 0 Å². The molecule has 1 aromatic heterocycles. The summed E-state index contributed by atoms with van der Waals surface area (Å²) >= 11 is 12.6. The molecule has 2 aromatic rings. The molecule has 0 unspecified atom stereocenters. The summed E-state index contributed by atoms with van der Waals surface area (Å²) in [5.74, 6) is 0.407. The van der Waals surface area contributed by atoms with Gasteiger partial charge < -0.3 is 9.30 Å². The molecule has 0 spiro atoms. The molecule has 0 amide bonds. The molecule has 1 aliphatic rings. The number of benzene rings is 1. The Labute approximate surface area is 116 Å². The number of aromatic nitrogens is 2. The molecule has 3 nitrogen and oxygen atoms in total. The zero-order valence-electron chi connectivity index (χ0n) is 10.1. The fourth-order valence-corrected chi connectivity index (χ4v) is 3.19. The Morgan fingerprint density at radius 3 is 3.00 bits per heavy atom. The predicted molar refractivity (Wildman–Crippen MR) is 73.4 cm³/mol. The van der Waals surface area contributed by atoms with Crippen LogP contribution >= 0.6 is 23.2 Å². The Balaban J connectivity index is 2.18. The number of halogens is 2. The second-order valence-corrected chi connectivity index (χ2v) is 5.51. The maximum absolute atomic E-state index is 6.29. The van der Waals surface area contributed by atoms with E-state index in [1.165, 1.54) is 0 Å². The third-order valence-electron chi connectivity index (χ3n) is 3.55. The van der Waals surface area contributed by atoms with Crippen LogP contribution < -0.4 is 0 Å². The lowest BCUT2D eigenvalue weighted by molar-refractivity contribution is 0.0299. The van der Waals surface area contributed by atoms with Gasteiger partial charge in [-0.3, -0.25) is 0 Å². The second kappa shape index (κ2) is 4.72. The lowest BCUT2D eigenvalue weighted by atomic mass is 9.97. The van der Waals surface area contributed by atoms with Gasteiger partial charge in [0.2, 0.25) is 5.28 Å². The first-order valence-electron chi connectivity index (χ1n) is 6.08. The average molecular weight is 285 g/mol. The molecule has 5 heteroatoms. The van der Waals surface area contributed by atoms with Gasteiger partial charge in [0.25, 0.3) is 0 Å². The van der Waals surface area contributed by atoms with E-state index in [-0.39, 0.29) is 0 Å². The van der Waals surface area contributed by atoms with Gasteiger partial charge in [0, 0.05) is 18.6 Å². The molecule has 2 heterocycles. The molecule has 0 radical (unpaired) electrons. The lowest BCUT2D eigenvalue weighted by Gasteiger charge is -2.30. The van der Waals surface area contributed by atoms with Crippen LogP contribution in [0.25, 0.3) is 11.0 Å². The van der Waals surface area contributed by atoms with Gasteiger partial charge in [0.15, 0.2) is 0 Å². The third-order valence-corrected chi connectivity index (χ3v) is 4.12. The summed E-state index contributed by atoms with van der Waals surface area (Å²) in [7, 11) is 0. The largest absolute Gasteiger partial charge is 0.381 e. The molecular formula is C13H14Cl2N2O. The first-order chi connectivity index (χ1) is 8.68. The first kappa shape index (κ1) is 12.3. The maximum Gasteiger partial charge on any atom is 0.204 e. The quantitative estimate of drug-likeness (QED) is 0.793. The average Bonchev–Trinajstić information content (AvgIpc) is 2.68. The molecule has 1 aromatic carbocycles. The zero-order valence-corrected chi connectivity index (χ0v) is 11.6. The van der Waals surface area contributed by atoms with Crippen LogP contribution in [0, 0.1) is 5.92 Å². The van der Waals surface area contributed by atoms with Gasteiger partial charge >= 0.3 is 0 Å². The normalized spacial score (nSPS) is 24.6. The van der Waals surface area contributed by atoms with E-state index in [4.69, 9.17) is 27.9 Å². The second-order valence-electron chi connectivity index (χ2n) is 4.77. The van der Waals surface area contributed by atoms with Crippen LogP contribution in [0.15, 0.2) is 18.2 Å². The van der Waals surface area contributed by atoms with E-state index >= 15 is 0 Å². The minimum absolute atomic E-state index is 0.302. The van der Waals surface area contributed by atoms with E-state index in [1.54, 1.807) is 0 Å². The SMILES string of the molecule is C[C@@H]1COCC[C@H]1n1c(Cl)nc2cccc(Cl)c21. The van der Waals surface area contributed by atoms with Crippen LogP contribution in [0.2, 0.25) is 10.3 Å². The monoisotopic (exact) mass is 284 g/mol. The van der Waals surface area contributed by atoms with Crippen molar-refractivity contribution in [1.82, 2.24) is 9.55 Å². The van der Waals surface area contributed by atoms with Crippen molar-refractivity contribution in [3.05, 3.63) is 28.5 Å². The van der Waals surface area contributed by atoms with Crippen molar-refractivity contribution in [2.75, 3.05) is 13.2 Å². The Bertz CT molecular complexity index is 582. The van der Waals surface area contributed by atoms with Gasteiger partial charge in [-0.2, -0.15) is 0 Å². The minimum Gasteiger partial charge on any atom is -0.381 e. The van der Waals surface area contributed by atoms with Gasteiger partial charge in [0.1, 0.15) is 0 Å². The Morgan fingerprint density at radius 1 is 1.39 bits per heavy atom.